The second-order valence-electron chi connectivity index (χ2n) is 6.69. The lowest BCUT2D eigenvalue weighted by Gasteiger charge is -2.34. The Labute approximate surface area is 159 Å². The molecule has 27 heavy (non-hydrogen) atoms. The summed E-state index contributed by atoms with van der Waals surface area (Å²) in [5.74, 6) is -0.0253. The van der Waals surface area contributed by atoms with E-state index in [1.165, 1.54) is 22.5 Å². The Kier molecular flexibility index (Phi) is 6.54. The quantitative estimate of drug-likeness (QED) is 0.780. The van der Waals surface area contributed by atoms with Gasteiger partial charge in [0.15, 0.2) is 0 Å². The van der Waals surface area contributed by atoms with E-state index in [1.807, 2.05) is 30.0 Å². The van der Waals surface area contributed by atoms with E-state index in [9.17, 15) is 9.59 Å². The van der Waals surface area contributed by atoms with Crippen LogP contribution in [0.1, 0.15) is 18.2 Å². The van der Waals surface area contributed by atoms with Crippen LogP contribution in [0.25, 0.3) is 6.08 Å². The smallest absolute Gasteiger partial charge is 0.253 e. The molecule has 1 aromatic heterocycles. The fourth-order valence-electron chi connectivity index (χ4n) is 3.10. The van der Waals surface area contributed by atoms with Gasteiger partial charge in [-0.25, -0.2) is 4.98 Å². The van der Waals surface area contributed by atoms with Crippen molar-refractivity contribution in [2.24, 2.45) is 0 Å². The van der Waals surface area contributed by atoms with Crippen LogP contribution in [0.2, 0.25) is 0 Å². The van der Waals surface area contributed by atoms with E-state index < -0.39 is 0 Å². The second-order valence-corrected chi connectivity index (χ2v) is 6.69. The Hall–Kier alpha value is -2.73. The van der Waals surface area contributed by atoms with Crippen molar-refractivity contribution in [1.82, 2.24) is 19.4 Å². The summed E-state index contributed by atoms with van der Waals surface area (Å²) in [4.78, 5) is 32.9. The van der Waals surface area contributed by atoms with Gasteiger partial charge >= 0.3 is 0 Å². The lowest BCUT2D eigenvalue weighted by Crippen LogP contribution is -2.49. The topological polar surface area (TPSA) is 58.4 Å². The van der Waals surface area contributed by atoms with Crippen molar-refractivity contribution in [1.29, 1.82) is 0 Å². The highest BCUT2D eigenvalue weighted by Gasteiger charge is 2.20. The first-order valence-corrected chi connectivity index (χ1v) is 9.43. The Morgan fingerprint density at radius 3 is 2.56 bits per heavy atom. The van der Waals surface area contributed by atoms with Crippen LogP contribution in [0.15, 0.2) is 53.6 Å². The van der Waals surface area contributed by atoms with Crippen LogP contribution in [-0.4, -0.2) is 58.0 Å². The van der Waals surface area contributed by atoms with Crippen LogP contribution in [-0.2, 0) is 17.8 Å². The number of piperazine rings is 1. The Balaban J connectivity index is 1.46. The zero-order chi connectivity index (χ0) is 19.1. The van der Waals surface area contributed by atoms with Crippen LogP contribution in [0.5, 0.6) is 0 Å². The third-order valence-electron chi connectivity index (χ3n) is 4.80. The third-order valence-corrected chi connectivity index (χ3v) is 4.80. The molecule has 142 valence electrons. The van der Waals surface area contributed by atoms with Gasteiger partial charge in [-0.3, -0.25) is 19.1 Å². The summed E-state index contributed by atoms with van der Waals surface area (Å²) in [6.07, 6.45) is 6.47. The van der Waals surface area contributed by atoms with Crippen LogP contribution < -0.4 is 5.56 Å². The van der Waals surface area contributed by atoms with E-state index in [2.05, 4.69) is 34.2 Å². The fraction of sp³-hybridized carbons (Fsp3) is 0.381. The molecule has 0 N–H and O–H groups in total. The highest BCUT2D eigenvalue weighted by molar-refractivity contribution is 5.76. The Bertz CT molecular complexity index is 837. The number of nitrogens with zero attached hydrogens (tertiary/aromatic N) is 4. The van der Waals surface area contributed by atoms with Crippen molar-refractivity contribution in [2.45, 2.75) is 19.9 Å². The predicted octanol–water partition coefficient (Wildman–Crippen LogP) is 1.66. The maximum absolute atomic E-state index is 12.5. The molecule has 2 aromatic rings. The lowest BCUT2D eigenvalue weighted by atomic mass is 10.2. The Morgan fingerprint density at radius 2 is 1.89 bits per heavy atom. The van der Waals surface area contributed by atoms with Gasteiger partial charge in [-0.05, 0) is 12.0 Å². The summed E-state index contributed by atoms with van der Waals surface area (Å²) in [5.41, 5.74) is 1.78. The zero-order valence-corrected chi connectivity index (χ0v) is 15.8. The number of aromatic nitrogens is 2. The molecule has 0 atom stereocenters. The van der Waals surface area contributed by atoms with Crippen molar-refractivity contribution in [3.63, 3.8) is 0 Å². The van der Waals surface area contributed by atoms with Crippen molar-refractivity contribution in [3.8, 4) is 0 Å². The summed E-state index contributed by atoms with van der Waals surface area (Å²) in [6.45, 7) is 5.94. The molecule has 1 aliphatic rings. The van der Waals surface area contributed by atoms with Crippen molar-refractivity contribution >= 4 is 12.0 Å². The van der Waals surface area contributed by atoms with E-state index in [4.69, 9.17) is 0 Å². The summed E-state index contributed by atoms with van der Waals surface area (Å²) < 4.78 is 1.39. The number of benzene rings is 1. The molecule has 0 aliphatic carbocycles. The number of rotatable bonds is 6. The van der Waals surface area contributed by atoms with E-state index in [1.54, 1.807) is 0 Å². The Morgan fingerprint density at radius 1 is 1.15 bits per heavy atom. The van der Waals surface area contributed by atoms with E-state index >= 15 is 0 Å². The second kappa shape index (κ2) is 9.28. The van der Waals surface area contributed by atoms with Gasteiger partial charge in [0, 0.05) is 44.5 Å². The average Bonchev–Trinajstić information content (AvgIpc) is 2.70. The van der Waals surface area contributed by atoms with Gasteiger partial charge in [0.05, 0.1) is 6.33 Å². The molecule has 0 unspecified atom stereocenters. The first-order valence-electron chi connectivity index (χ1n) is 9.43. The maximum atomic E-state index is 12.5. The fourth-order valence-corrected chi connectivity index (χ4v) is 3.10. The molecular weight excluding hydrogens is 340 g/mol. The molecule has 0 bridgehead atoms. The van der Waals surface area contributed by atoms with Crippen LogP contribution >= 0.6 is 0 Å². The maximum Gasteiger partial charge on any atom is 0.253 e. The number of amides is 1. The molecule has 1 aliphatic heterocycles. The van der Waals surface area contributed by atoms with Crippen LogP contribution in [0.3, 0.4) is 0 Å². The van der Waals surface area contributed by atoms with Crippen LogP contribution in [0, 0.1) is 0 Å². The monoisotopic (exact) mass is 366 g/mol. The van der Waals surface area contributed by atoms with E-state index in [-0.39, 0.29) is 18.0 Å². The lowest BCUT2D eigenvalue weighted by molar-refractivity contribution is -0.133. The average molecular weight is 366 g/mol. The van der Waals surface area contributed by atoms with Crippen molar-refractivity contribution in [3.05, 3.63) is 70.4 Å². The summed E-state index contributed by atoms with van der Waals surface area (Å²) >= 11 is 0. The molecule has 1 amide bonds. The molecule has 3 rings (SSSR count). The van der Waals surface area contributed by atoms with Gasteiger partial charge < -0.3 is 4.90 Å². The summed E-state index contributed by atoms with van der Waals surface area (Å²) in [5, 5.41) is 0. The highest BCUT2D eigenvalue weighted by Crippen LogP contribution is 2.05. The van der Waals surface area contributed by atoms with Gasteiger partial charge in [-0.2, -0.15) is 0 Å². The minimum atomic E-state index is -0.167. The summed E-state index contributed by atoms with van der Waals surface area (Å²) in [7, 11) is 0. The standard InChI is InChI=1S/C21H26N4O2/c1-2-19-15-20(26)25(17-22-19)16-21(27)24-13-11-23(12-14-24)10-6-9-18-7-4-3-5-8-18/h3-9,15,17H,2,10-14,16H2,1H3/b9-6+. The minimum Gasteiger partial charge on any atom is -0.339 e. The molecule has 2 heterocycles. The van der Waals surface area contributed by atoms with Crippen molar-refractivity contribution < 1.29 is 4.79 Å². The third kappa shape index (κ3) is 5.37. The first-order chi connectivity index (χ1) is 13.2. The van der Waals surface area contributed by atoms with E-state index in [0.29, 0.717) is 19.5 Å². The predicted molar refractivity (Wildman–Crippen MR) is 106 cm³/mol. The van der Waals surface area contributed by atoms with Crippen molar-refractivity contribution in [2.75, 3.05) is 32.7 Å². The largest absolute Gasteiger partial charge is 0.339 e. The van der Waals surface area contributed by atoms with Gasteiger partial charge in [0.1, 0.15) is 6.54 Å². The number of carbonyl (C=O) groups excluding carboxylic acids is 1. The van der Waals surface area contributed by atoms with Gasteiger partial charge in [-0.15, -0.1) is 0 Å². The molecule has 0 radical (unpaired) electrons. The van der Waals surface area contributed by atoms with Gasteiger partial charge in [0.25, 0.3) is 5.56 Å². The molecule has 1 saturated heterocycles. The molecule has 1 fully saturated rings. The minimum absolute atomic E-state index is 0.0253. The number of hydrogen-bond donors (Lipinski definition) is 0. The van der Waals surface area contributed by atoms with Crippen LogP contribution in [0.4, 0.5) is 0 Å². The number of hydrogen-bond acceptors (Lipinski definition) is 4. The number of aryl methyl sites for hydroxylation is 1. The van der Waals surface area contributed by atoms with Gasteiger partial charge in [-0.1, -0.05) is 49.4 Å². The normalized spacial score (nSPS) is 15.4. The molecule has 0 spiro atoms. The van der Waals surface area contributed by atoms with Gasteiger partial charge in [0.2, 0.25) is 5.91 Å². The molecular formula is C21H26N4O2. The molecule has 6 nitrogen and oxygen atoms in total. The molecule has 6 heteroatoms. The highest BCUT2D eigenvalue weighted by atomic mass is 16.2. The summed E-state index contributed by atoms with van der Waals surface area (Å²) in [6, 6.07) is 11.7. The molecule has 1 aromatic carbocycles. The number of carbonyl (C=O) groups is 1. The molecule has 0 saturated carbocycles. The SMILES string of the molecule is CCc1cc(=O)n(CC(=O)N2CCN(C/C=C/c3ccccc3)CC2)cn1. The first kappa shape index (κ1) is 19.0. The zero-order valence-electron chi connectivity index (χ0n) is 15.8. The van der Waals surface area contributed by atoms with E-state index in [0.717, 1.165) is 25.3 Å².